The highest BCUT2D eigenvalue weighted by Gasteiger charge is 2.34. The Kier molecular flexibility index (Phi) is 5.29. The van der Waals surface area contributed by atoms with Crippen LogP contribution in [-0.2, 0) is 0 Å². The minimum atomic E-state index is -0.412. The van der Waals surface area contributed by atoms with Crippen LogP contribution in [0.4, 0.5) is 8.78 Å². The number of hydrogen-bond acceptors (Lipinski definition) is 2. The average Bonchev–Trinajstić information content (AvgIpc) is 3.64. The van der Waals surface area contributed by atoms with Gasteiger partial charge in [0, 0.05) is 22.2 Å². The van der Waals surface area contributed by atoms with E-state index in [1.165, 1.54) is 41.0 Å². The molecule has 0 bridgehead atoms. The van der Waals surface area contributed by atoms with Gasteiger partial charge in [0.2, 0.25) is 0 Å². The van der Waals surface area contributed by atoms with Crippen LogP contribution in [0.15, 0.2) is 77.6 Å². The van der Waals surface area contributed by atoms with Crippen LogP contribution in [0.3, 0.4) is 0 Å². The summed E-state index contributed by atoms with van der Waals surface area (Å²) in [5.74, 6) is -0.851. The summed E-state index contributed by atoms with van der Waals surface area (Å²) in [5, 5.41) is 4.04. The van der Waals surface area contributed by atoms with Gasteiger partial charge in [-0.05, 0) is 73.7 Å². The Balaban J connectivity index is 1.64. The van der Waals surface area contributed by atoms with Gasteiger partial charge >= 0.3 is 0 Å². The molecule has 1 aliphatic carbocycles. The summed E-state index contributed by atoms with van der Waals surface area (Å²) >= 11 is 0. The number of nitrogens with one attached hydrogen (secondary N) is 1. The molecule has 166 valence electrons. The van der Waals surface area contributed by atoms with Crippen LogP contribution < -0.4 is 10.9 Å². The number of nitrogens with zero attached hydrogens (tertiary/aromatic N) is 1. The molecule has 1 fully saturated rings. The summed E-state index contributed by atoms with van der Waals surface area (Å²) < 4.78 is 28.8. The van der Waals surface area contributed by atoms with E-state index in [-0.39, 0.29) is 29.2 Å². The minimum Gasteiger partial charge on any atom is -0.345 e. The van der Waals surface area contributed by atoms with Crippen molar-refractivity contribution in [1.29, 1.82) is 0 Å². The Morgan fingerprint density at radius 3 is 2.30 bits per heavy atom. The molecular weight excluding hydrogens is 422 g/mol. The van der Waals surface area contributed by atoms with Gasteiger partial charge in [0.15, 0.2) is 0 Å². The zero-order valence-electron chi connectivity index (χ0n) is 18.0. The number of rotatable bonds is 5. The molecule has 5 rings (SSSR count). The van der Waals surface area contributed by atoms with Crippen molar-refractivity contribution in [3.8, 4) is 5.69 Å². The van der Waals surface area contributed by atoms with Crippen LogP contribution in [0.1, 0.15) is 40.5 Å². The molecule has 1 atom stereocenters. The Labute approximate surface area is 189 Å². The number of carbonyl (C=O) groups excluding carboxylic acids is 1. The summed E-state index contributed by atoms with van der Waals surface area (Å²) in [6.07, 6.45) is 1.91. The van der Waals surface area contributed by atoms with Gasteiger partial charge in [0.05, 0.1) is 11.6 Å². The molecule has 1 amide bonds. The van der Waals surface area contributed by atoms with Gasteiger partial charge in [0.1, 0.15) is 11.6 Å². The third kappa shape index (κ3) is 3.93. The number of amides is 1. The van der Waals surface area contributed by atoms with E-state index in [4.69, 9.17) is 0 Å². The Morgan fingerprint density at radius 1 is 0.939 bits per heavy atom. The average molecular weight is 444 g/mol. The van der Waals surface area contributed by atoms with Gasteiger partial charge in [-0.3, -0.25) is 14.2 Å². The van der Waals surface area contributed by atoms with E-state index in [1.54, 1.807) is 37.3 Å². The van der Waals surface area contributed by atoms with E-state index in [9.17, 15) is 18.4 Å². The summed E-state index contributed by atoms with van der Waals surface area (Å²) in [6.45, 7) is 1.71. The number of pyridine rings is 1. The molecule has 0 radical (unpaired) electrons. The topological polar surface area (TPSA) is 51.1 Å². The number of carbonyl (C=O) groups is 1. The first-order chi connectivity index (χ1) is 15.9. The molecular formula is C27H22F2N2O2. The first-order valence-corrected chi connectivity index (χ1v) is 10.9. The van der Waals surface area contributed by atoms with Crippen LogP contribution in [0.2, 0.25) is 0 Å². The second-order valence-electron chi connectivity index (χ2n) is 8.47. The highest BCUT2D eigenvalue weighted by Crippen LogP contribution is 2.41. The maximum absolute atomic E-state index is 13.9. The van der Waals surface area contributed by atoms with Gasteiger partial charge in [0.25, 0.3) is 11.5 Å². The standard InChI is InChI=1S/C27H22F2N2O2/c1-16-24(26(32)30-25(17-9-10-17)18-5-4-6-20(29)15-18)22-7-2-3-8-23(22)27(33)31(16)21-13-11-19(28)12-14-21/h2-8,11-15,17,25H,9-10H2,1H3,(H,30,32)/t25-/m0/s1. The molecule has 4 aromatic rings. The lowest BCUT2D eigenvalue weighted by Crippen LogP contribution is -2.33. The third-order valence-electron chi connectivity index (χ3n) is 6.23. The highest BCUT2D eigenvalue weighted by molar-refractivity contribution is 6.08. The van der Waals surface area contributed by atoms with Gasteiger partial charge in [-0.15, -0.1) is 0 Å². The molecule has 0 spiro atoms. The van der Waals surface area contributed by atoms with Crippen molar-refractivity contribution in [3.63, 3.8) is 0 Å². The van der Waals surface area contributed by atoms with E-state index in [0.29, 0.717) is 27.7 Å². The fraction of sp³-hybridized carbons (Fsp3) is 0.185. The minimum absolute atomic E-state index is 0.241. The molecule has 4 nitrogen and oxygen atoms in total. The van der Waals surface area contributed by atoms with Gasteiger partial charge in [-0.1, -0.05) is 30.3 Å². The summed E-state index contributed by atoms with van der Waals surface area (Å²) in [4.78, 5) is 27.0. The van der Waals surface area contributed by atoms with Crippen LogP contribution in [0.5, 0.6) is 0 Å². The molecule has 1 aliphatic rings. The number of fused-ring (bicyclic) bond motifs is 1. The van der Waals surface area contributed by atoms with E-state index in [1.807, 2.05) is 6.07 Å². The largest absolute Gasteiger partial charge is 0.345 e. The Morgan fingerprint density at radius 2 is 1.64 bits per heavy atom. The predicted molar refractivity (Wildman–Crippen MR) is 124 cm³/mol. The maximum atomic E-state index is 13.9. The summed E-state index contributed by atoms with van der Waals surface area (Å²) in [5.41, 5.74) is 1.74. The predicted octanol–water partition coefficient (Wildman–Crippen LogP) is 5.46. The zero-order chi connectivity index (χ0) is 23.1. The van der Waals surface area contributed by atoms with Gasteiger partial charge in [-0.2, -0.15) is 0 Å². The van der Waals surface area contributed by atoms with Crippen molar-refractivity contribution in [2.75, 3.05) is 0 Å². The first-order valence-electron chi connectivity index (χ1n) is 10.9. The maximum Gasteiger partial charge on any atom is 0.263 e. The molecule has 1 aromatic heterocycles. The lowest BCUT2D eigenvalue weighted by atomic mass is 9.99. The smallest absolute Gasteiger partial charge is 0.263 e. The number of aromatic nitrogens is 1. The van der Waals surface area contributed by atoms with Gasteiger partial charge < -0.3 is 5.32 Å². The fourth-order valence-electron chi connectivity index (χ4n) is 4.47. The molecule has 0 aliphatic heterocycles. The highest BCUT2D eigenvalue weighted by atomic mass is 19.1. The third-order valence-corrected chi connectivity index (χ3v) is 6.23. The second-order valence-corrected chi connectivity index (χ2v) is 8.47. The molecule has 6 heteroatoms. The number of benzene rings is 3. The SMILES string of the molecule is Cc1c(C(=O)N[C@H](c2cccc(F)c2)C2CC2)c2ccccc2c(=O)n1-c1ccc(F)cc1. The van der Waals surface area contributed by atoms with Crippen LogP contribution in [0, 0.1) is 24.5 Å². The van der Waals surface area contributed by atoms with Crippen molar-refractivity contribution < 1.29 is 13.6 Å². The monoisotopic (exact) mass is 444 g/mol. The van der Waals surface area contributed by atoms with E-state index in [2.05, 4.69) is 5.32 Å². The Hall–Kier alpha value is -3.80. The van der Waals surface area contributed by atoms with Crippen molar-refractivity contribution in [1.82, 2.24) is 9.88 Å². The fourth-order valence-corrected chi connectivity index (χ4v) is 4.47. The van der Waals surface area contributed by atoms with E-state index in [0.717, 1.165) is 18.4 Å². The van der Waals surface area contributed by atoms with Crippen LogP contribution in [0.25, 0.3) is 16.5 Å². The molecule has 1 saturated carbocycles. The molecule has 3 aromatic carbocycles. The lowest BCUT2D eigenvalue weighted by Gasteiger charge is -2.22. The molecule has 1 heterocycles. The van der Waals surface area contributed by atoms with Crippen molar-refractivity contribution in [2.24, 2.45) is 5.92 Å². The van der Waals surface area contributed by atoms with E-state index < -0.39 is 5.82 Å². The first kappa shape index (κ1) is 21.1. The molecule has 0 saturated heterocycles. The van der Waals surface area contributed by atoms with E-state index >= 15 is 0 Å². The van der Waals surface area contributed by atoms with Crippen molar-refractivity contribution in [3.05, 3.63) is 112 Å². The van der Waals surface area contributed by atoms with Crippen LogP contribution >= 0.6 is 0 Å². The van der Waals surface area contributed by atoms with Crippen molar-refractivity contribution >= 4 is 16.7 Å². The zero-order valence-corrected chi connectivity index (χ0v) is 18.0. The second kappa shape index (κ2) is 8.28. The normalized spacial score (nSPS) is 14.3. The van der Waals surface area contributed by atoms with Gasteiger partial charge in [-0.25, -0.2) is 8.78 Å². The number of hydrogen-bond donors (Lipinski definition) is 1. The van der Waals surface area contributed by atoms with Crippen molar-refractivity contribution in [2.45, 2.75) is 25.8 Å². The quantitative estimate of drug-likeness (QED) is 0.445. The number of halogens is 2. The van der Waals surface area contributed by atoms with Crippen LogP contribution in [-0.4, -0.2) is 10.5 Å². The lowest BCUT2D eigenvalue weighted by molar-refractivity contribution is 0.0932. The molecule has 0 unspecified atom stereocenters. The molecule has 33 heavy (non-hydrogen) atoms. The summed E-state index contributed by atoms with van der Waals surface area (Å²) in [7, 11) is 0. The Bertz CT molecular complexity index is 1420. The summed E-state index contributed by atoms with van der Waals surface area (Å²) in [6, 6.07) is 18.5. The molecule has 1 N–H and O–H groups in total.